The van der Waals surface area contributed by atoms with Crippen molar-refractivity contribution < 1.29 is 19.0 Å². The lowest BCUT2D eigenvalue weighted by Gasteiger charge is -2.16. The molecule has 0 aliphatic rings. The molecule has 8 heteroatoms. The molecule has 7 nitrogen and oxygen atoms in total. The van der Waals surface area contributed by atoms with Crippen LogP contribution in [0, 0.1) is 0 Å². The Kier molecular flexibility index (Phi) is 8.82. The van der Waals surface area contributed by atoms with Gasteiger partial charge in [0, 0.05) is 33.7 Å². The maximum Gasteiger partial charge on any atom is 0.257 e. The number of rotatable bonds is 11. The molecule has 0 spiro atoms. The molecule has 5 rings (SSSR count). The minimum Gasteiger partial charge on any atom is -0.493 e. The summed E-state index contributed by atoms with van der Waals surface area (Å²) in [5.41, 5.74) is 2.22. The monoisotopic (exact) mass is 568 g/mol. The van der Waals surface area contributed by atoms with Gasteiger partial charge in [-0.25, -0.2) is 0 Å². The summed E-state index contributed by atoms with van der Waals surface area (Å²) in [7, 11) is 3.27. The highest BCUT2D eigenvalue weighted by Gasteiger charge is 2.15. The number of amides is 1. The number of nitrogens with one attached hydrogen (secondary N) is 2. The molecule has 210 valence electrons. The van der Waals surface area contributed by atoms with Gasteiger partial charge in [0.1, 0.15) is 12.4 Å². The number of hydrogen-bond donors (Lipinski definition) is 2. The number of anilines is 1. The van der Waals surface area contributed by atoms with Crippen molar-refractivity contribution in [1.29, 1.82) is 0 Å². The normalized spacial score (nSPS) is 11.8. The Morgan fingerprint density at radius 2 is 1.63 bits per heavy atom. The maximum absolute atomic E-state index is 13.2. The van der Waals surface area contributed by atoms with Crippen LogP contribution in [0.3, 0.4) is 0 Å². The van der Waals surface area contributed by atoms with E-state index in [1.165, 1.54) is 11.3 Å². The van der Waals surface area contributed by atoms with Crippen LogP contribution in [0.25, 0.3) is 20.2 Å². The second-order valence-corrected chi connectivity index (χ2v) is 10.7. The van der Waals surface area contributed by atoms with Gasteiger partial charge in [-0.1, -0.05) is 24.3 Å². The SMILES string of the molecule is COc1ccc(CC(C)NCCOc2ccc(NC(=O)c3cccc4c(=O)c5ccccc5sc34)cc2)cc1OC. The van der Waals surface area contributed by atoms with Gasteiger partial charge in [-0.15, -0.1) is 11.3 Å². The molecule has 0 radical (unpaired) electrons. The van der Waals surface area contributed by atoms with Crippen LogP contribution in [0.5, 0.6) is 17.2 Å². The van der Waals surface area contributed by atoms with E-state index in [0.29, 0.717) is 45.6 Å². The Morgan fingerprint density at radius 3 is 2.41 bits per heavy atom. The zero-order chi connectivity index (χ0) is 28.8. The molecular weight excluding hydrogens is 536 g/mol. The highest BCUT2D eigenvalue weighted by atomic mass is 32.1. The molecule has 2 N–H and O–H groups in total. The first-order valence-corrected chi connectivity index (χ1v) is 14.2. The lowest BCUT2D eigenvalue weighted by molar-refractivity contribution is 0.102. The van der Waals surface area contributed by atoms with Crippen molar-refractivity contribution in [2.75, 3.05) is 32.7 Å². The van der Waals surface area contributed by atoms with Gasteiger partial charge < -0.3 is 24.8 Å². The maximum atomic E-state index is 13.2. The van der Waals surface area contributed by atoms with E-state index in [1.807, 2.05) is 66.7 Å². The highest BCUT2D eigenvalue weighted by molar-refractivity contribution is 7.24. The molecule has 0 fully saturated rings. The third kappa shape index (κ3) is 6.51. The van der Waals surface area contributed by atoms with E-state index in [1.54, 1.807) is 32.4 Å². The average Bonchev–Trinajstić information content (AvgIpc) is 3.00. The van der Waals surface area contributed by atoms with Gasteiger partial charge >= 0.3 is 0 Å². The Balaban J connectivity index is 1.14. The standard InChI is InChI=1S/C33H32N2O5S/c1-21(19-22-11-16-28(38-2)29(20-22)39-3)34-17-18-40-24-14-12-23(13-15-24)35-33(37)27-9-6-8-26-31(36)25-7-4-5-10-30(25)41-32(26)27/h4-16,20-21,34H,17-19H2,1-3H3,(H,35,37). The summed E-state index contributed by atoms with van der Waals surface area (Å²) in [4.78, 5) is 26.2. The van der Waals surface area contributed by atoms with E-state index in [9.17, 15) is 9.59 Å². The third-order valence-corrected chi connectivity index (χ3v) is 8.03. The van der Waals surface area contributed by atoms with E-state index >= 15 is 0 Å². The van der Waals surface area contributed by atoms with Gasteiger partial charge in [-0.05, 0) is 79.6 Å². The Labute approximate surface area is 242 Å². The summed E-state index contributed by atoms with van der Waals surface area (Å²) in [6.07, 6.45) is 0.846. The first kappa shape index (κ1) is 28.1. The van der Waals surface area contributed by atoms with Gasteiger partial charge in [0.2, 0.25) is 0 Å². The quantitative estimate of drug-likeness (QED) is 0.144. The van der Waals surface area contributed by atoms with Crippen LogP contribution >= 0.6 is 11.3 Å². The molecule has 1 unspecified atom stereocenters. The largest absolute Gasteiger partial charge is 0.493 e. The molecule has 1 atom stereocenters. The topological polar surface area (TPSA) is 85.9 Å². The molecule has 5 aromatic rings. The number of carbonyl (C=O) groups is 1. The molecule has 1 aromatic heterocycles. The van der Waals surface area contributed by atoms with Gasteiger partial charge in [0.15, 0.2) is 16.9 Å². The zero-order valence-electron chi connectivity index (χ0n) is 23.2. The van der Waals surface area contributed by atoms with E-state index < -0.39 is 0 Å². The summed E-state index contributed by atoms with van der Waals surface area (Å²) in [5, 5.41) is 7.64. The summed E-state index contributed by atoms with van der Waals surface area (Å²) < 4.78 is 18.1. The lowest BCUT2D eigenvalue weighted by Crippen LogP contribution is -2.31. The summed E-state index contributed by atoms with van der Waals surface area (Å²) in [5.74, 6) is 1.90. The van der Waals surface area contributed by atoms with Crippen molar-refractivity contribution >= 4 is 43.1 Å². The van der Waals surface area contributed by atoms with Crippen LogP contribution in [0.2, 0.25) is 0 Å². The molecule has 0 aliphatic carbocycles. The van der Waals surface area contributed by atoms with Gasteiger partial charge in [0.05, 0.1) is 24.5 Å². The van der Waals surface area contributed by atoms with E-state index in [0.717, 1.165) is 28.2 Å². The molecule has 1 heterocycles. The minimum absolute atomic E-state index is 0.0599. The summed E-state index contributed by atoms with van der Waals surface area (Å²) in [6.45, 7) is 3.32. The number of benzene rings is 4. The lowest BCUT2D eigenvalue weighted by atomic mass is 10.1. The van der Waals surface area contributed by atoms with Crippen LogP contribution in [0.4, 0.5) is 5.69 Å². The van der Waals surface area contributed by atoms with Crippen LogP contribution in [-0.4, -0.2) is 39.3 Å². The van der Waals surface area contributed by atoms with Crippen molar-refractivity contribution in [1.82, 2.24) is 5.32 Å². The number of hydrogen-bond acceptors (Lipinski definition) is 7. The molecule has 0 saturated heterocycles. The van der Waals surface area contributed by atoms with E-state index in [2.05, 4.69) is 17.6 Å². The minimum atomic E-state index is -0.261. The fourth-order valence-corrected chi connectivity index (χ4v) is 5.92. The first-order valence-electron chi connectivity index (χ1n) is 13.4. The zero-order valence-corrected chi connectivity index (χ0v) is 24.0. The number of fused-ring (bicyclic) bond motifs is 2. The summed E-state index contributed by atoms with van der Waals surface area (Å²) >= 11 is 1.45. The molecule has 0 bridgehead atoms. The molecule has 0 saturated carbocycles. The number of carbonyl (C=O) groups excluding carboxylic acids is 1. The first-order chi connectivity index (χ1) is 20.0. The number of methoxy groups -OCH3 is 2. The van der Waals surface area contributed by atoms with Crippen LogP contribution in [0.1, 0.15) is 22.8 Å². The fourth-order valence-electron chi connectivity index (χ4n) is 4.74. The van der Waals surface area contributed by atoms with Gasteiger partial charge in [-0.3, -0.25) is 9.59 Å². The Bertz CT molecular complexity index is 1730. The van der Waals surface area contributed by atoms with Crippen LogP contribution in [-0.2, 0) is 6.42 Å². The number of ether oxygens (including phenoxy) is 3. The molecule has 4 aromatic carbocycles. The van der Waals surface area contributed by atoms with Crippen LogP contribution < -0.4 is 30.3 Å². The van der Waals surface area contributed by atoms with Crippen molar-refractivity contribution in [3.63, 3.8) is 0 Å². The van der Waals surface area contributed by atoms with Crippen LogP contribution in [0.15, 0.2) is 89.7 Å². The predicted molar refractivity (Wildman–Crippen MR) is 166 cm³/mol. The second kappa shape index (κ2) is 12.8. The predicted octanol–water partition coefficient (Wildman–Crippen LogP) is 6.28. The van der Waals surface area contributed by atoms with E-state index in [4.69, 9.17) is 14.2 Å². The van der Waals surface area contributed by atoms with E-state index in [-0.39, 0.29) is 17.4 Å². The van der Waals surface area contributed by atoms with Gasteiger partial charge in [-0.2, -0.15) is 0 Å². The van der Waals surface area contributed by atoms with Crippen molar-refractivity contribution in [3.8, 4) is 17.2 Å². The van der Waals surface area contributed by atoms with Crippen molar-refractivity contribution in [2.24, 2.45) is 0 Å². The average molecular weight is 569 g/mol. The Hall–Kier alpha value is -4.40. The smallest absolute Gasteiger partial charge is 0.257 e. The van der Waals surface area contributed by atoms with Gasteiger partial charge in [0.25, 0.3) is 5.91 Å². The highest BCUT2D eigenvalue weighted by Crippen LogP contribution is 2.29. The summed E-state index contributed by atoms with van der Waals surface area (Å²) in [6, 6.07) is 26.2. The van der Waals surface area contributed by atoms with Crippen molar-refractivity contribution in [3.05, 3.63) is 106 Å². The third-order valence-electron chi connectivity index (χ3n) is 6.81. The molecular formula is C33H32N2O5S. The Morgan fingerprint density at radius 1 is 0.878 bits per heavy atom. The fraction of sp³-hybridized carbons (Fsp3) is 0.212. The molecule has 41 heavy (non-hydrogen) atoms. The molecule has 0 aliphatic heterocycles. The second-order valence-electron chi connectivity index (χ2n) is 9.69. The molecule has 1 amide bonds. The van der Waals surface area contributed by atoms with Crippen molar-refractivity contribution in [2.45, 2.75) is 19.4 Å².